The molecule has 0 spiro atoms. The number of thiophene rings is 1. The molecule has 6 nitrogen and oxygen atoms in total. The molecular weight excluding hydrogens is 362 g/mol. The summed E-state index contributed by atoms with van der Waals surface area (Å²) < 4.78 is 4.73. The van der Waals surface area contributed by atoms with Crippen LogP contribution in [0.1, 0.15) is 56.7 Å². The molecule has 2 aromatic rings. The van der Waals surface area contributed by atoms with E-state index in [9.17, 15) is 9.59 Å². The second-order valence-electron chi connectivity index (χ2n) is 7.36. The van der Waals surface area contributed by atoms with Crippen LogP contribution >= 0.6 is 11.3 Å². The summed E-state index contributed by atoms with van der Waals surface area (Å²) in [6, 6.07) is 7.70. The van der Waals surface area contributed by atoms with Crippen molar-refractivity contribution in [3.05, 3.63) is 51.4 Å². The van der Waals surface area contributed by atoms with Gasteiger partial charge in [0.1, 0.15) is 17.7 Å². The molecule has 1 unspecified atom stereocenters. The third-order valence-corrected chi connectivity index (χ3v) is 6.60. The highest BCUT2D eigenvalue weighted by Crippen LogP contribution is 2.39. The molecule has 2 aliphatic heterocycles. The van der Waals surface area contributed by atoms with Crippen LogP contribution in [0.25, 0.3) is 0 Å². The number of carbonyl (C=O) groups is 2. The summed E-state index contributed by atoms with van der Waals surface area (Å²) in [5.41, 5.74) is 3.43. The van der Waals surface area contributed by atoms with E-state index in [4.69, 9.17) is 4.74 Å². The molecule has 0 aliphatic carbocycles. The summed E-state index contributed by atoms with van der Waals surface area (Å²) in [6.07, 6.45) is 0.646. The van der Waals surface area contributed by atoms with Gasteiger partial charge in [-0.25, -0.2) is 4.79 Å². The molecule has 4 rings (SSSR count). The maximum Gasteiger partial charge on any atom is 0.337 e. The van der Waals surface area contributed by atoms with E-state index in [0.29, 0.717) is 11.6 Å². The Bertz CT molecular complexity index is 889. The minimum Gasteiger partial charge on any atom is -0.465 e. The monoisotopic (exact) mass is 386 g/mol. The fourth-order valence-electron chi connectivity index (χ4n) is 3.80. The van der Waals surface area contributed by atoms with Gasteiger partial charge in [0.05, 0.1) is 35.7 Å². The van der Waals surface area contributed by atoms with Crippen LogP contribution in [0.2, 0.25) is 0 Å². The van der Waals surface area contributed by atoms with Gasteiger partial charge in [0, 0.05) is 6.42 Å². The summed E-state index contributed by atoms with van der Waals surface area (Å²) in [5, 5.41) is 7.48. The van der Waals surface area contributed by atoms with Crippen LogP contribution in [0.5, 0.6) is 0 Å². The first-order chi connectivity index (χ1) is 13.0. The Morgan fingerprint density at radius 2 is 2.00 bits per heavy atom. The molecule has 142 valence electrons. The maximum absolute atomic E-state index is 12.8. The number of nitrogens with one attached hydrogen (secondary N) is 3. The zero-order valence-electron chi connectivity index (χ0n) is 15.7. The average Bonchev–Trinajstić information content (AvgIpc) is 3.05. The van der Waals surface area contributed by atoms with Crippen molar-refractivity contribution in [2.75, 3.05) is 19.0 Å². The quantitative estimate of drug-likeness (QED) is 0.703. The van der Waals surface area contributed by atoms with Crippen molar-refractivity contribution in [1.82, 2.24) is 5.32 Å². The summed E-state index contributed by atoms with van der Waals surface area (Å²) in [5.74, 6) is -0.385. The first kappa shape index (κ1) is 18.0. The number of methoxy groups -OCH3 is 1. The minimum absolute atomic E-state index is 0.0173. The molecule has 0 saturated carbocycles. The SMILES string of the molecule is COC(=O)c1ccc([C@@H]2NC(=O)c3c(sc4c3CC[NH+](C(C)C)C4)N2)cc1. The lowest BCUT2D eigenvalue weighted by molar-refractivity contribution is -0.936. The van der Waals surface area contributed by atoms with Crippen LogP contribution < -0.4 is 15.5 Å². The van der Waals surface area contributed by atoms with Crippen molar-refractivity contribution in [2.24, 2.45) is 0 Å². The molecule has 7 heteroatoms. The molecule has 1 amide bonds. The van der Waals surface area contributed by atoms with E-state index in [0.717, 1.165) is 35.6 Å². The molecule has 27 heavy (non-hydrogen) atoms. The van der Waals surface area contributed by atoms with E-state index in [1.165, 1.54) is 17.6 Å². The number of rotatable bonds is 3. The number of amides is 1. The number of hydrogen-bond donors (Lipinski definition) is 3. The Morgan fingerprint density at radius 3 is 2.67 bits per heavy atom. The Balaban J connectivity index is 1.59. The fraction of sp³-hybridized carbons (Fsp3) is 0.400. The zero-order valence-corrected chi connectivity index (χ0v) is 16.5. The Morgan fingerprint density at radius 1 is 1.26 bits per heavy atom. The van der Waals surface area contributed by atoms with Crippen LogP contribution in [0.4, 0.5) is 5.00 Å². The van der Waals surface area contributed by atoms with Crippen molar-refractivity contribution < 1.29 is 19.2 Å². The number of anilines is 1. The molecule has 0 radical (unpaired) electrons. The molecular formula is C20H24N3O3S+. The van der Waals surface area contributed by atoms with E-state index in [1.54, 1.807) is 28.4 Å². The number of esters is 1. The Hall–Kier alpha value is -2.38. The molecule has 1 aromatic carbocycles. The van der Waals surface area contributed by atoms with Gasteiger partial charge in [0.25, 0.3) is 5.91 Å². The third-order valence-electron chi connectivity index (χ3n) is 5.43. The first-order valence-electron chi connectivity index (χ1n) is 9.22. The molecule has 0 saturated heterocycles. The largest absolute Gasteiger partial charge is 0.465 e. The van der Waals surface area contributed by atoms with Crippen LogP contribution in [0, 0.1) is 0 Å². The van der Waals surface area contributed by atoms with Crippen LogP contribution in [-0.2, 0) is 17.7 Å². The minimum atomic E-state index is -0.368. The van der Waals surface area contributed by atoms with Crippen LogP contribution in [0.3, 0.4) is 0 Å². The highest BCUT2D eigenvalue weighted by Gasteiger charge is 2.35. The number of carbonyl (C=O) groups excluding carboxylic acids is 2. The molecule has 1 aromatic heterocycles. The van der Waals surface area contributed by atoms with Gasteiger partial charge in [0.15, 0.2) is 0 Å². The van der Waals surface area contributed by atoms with Gasteiger partial charge in [-0.05, 0) is 37.1 Å². The Labute approximate surface area is 162 Å². The third kappa shape index (κ3) is 3.21. The fourth-order valence-corrected chi connectivity index (χ4v) is 5.13. The second-order valence-corrected chi connectivity index (χ2v) is 8.47. The lowest BCUT2D eigenvalue weighted by atomic mass is 9.99. The van der Waals surface area contributed by atoms with Crippen molar-refractivity contribution >= 4 is 28.2 Å². The number of quaternary nitrogens is 1. The number of fused-ring (bicyclic) bond motifs is 3. The average molecular weight is 386 g/mol. The van der Waals surface area contributed by atoms with E-state index < -0.39 is 0 Å². The standard InChI is InChI=1S/C20H23N3O3S/c1-11(2)23-9-8-14-15(10-23)27-19-16(14)18(24)21-17(22-19)12-4-6-13(7-5-12)20(25)26-3/h4-7,11,17,22H,8-10H2,1-3H3,(H,21,24)/p+1/t17-/m1/s1. The normalized spacial score (nSPS) is 21.1. The second kappa shape index (κ2) is 6.98. The van der Waals surface area contributed by atoms with E-state index in [1.807, 2.05) is 12.1 Å². The van der Waals surface area contributed by atoms with E-state index in [-0.39, 0.29) is 18.0 Å². The van der Waals surface area contributed by atoms with Gasteiger partial charge in [-0.15, -0.1) is 11.3 Å². The lowest BCUT2D eigenvalue weighted by Crippen LogP contribution is -3.14. The number of ether oxygens (including phenoxy) is 1. The lowest BCUT2D eigenvalue weighted by Gasteiger charge is -2.28. The number of hydrogen-bond acceptors (Lipinski definition) is 5. The Kier molecular flexibility index (Phi) is 4.65. The van der Waals surface area contributed by atoms with Gasteiger partial charge >= 0.3 is 5.97 Å². The van der Waals surface area contributed by atoms with Crippen molar-refractivity contribution in [2.45, 2.75) is 39.0 Å². The summed E-state index contributed by atoms with van der Waals surface area (Å²) in [4.78, 5) is 27.3. The molecule has 3 N–H and O–H groups in total. The van der Waals surface area contributed by atoms with Gasteiger partial charge in [-0.1, -0.05) is 12.1 Å². The van der Waals surface area contributed by atoms with Gasteiger partial charge < -0.3 is 20.3 Å². The van der Waals surface area contributed by atoms with Gasteiger partial charge in [0.2, 0.25) is 0 Å². The molecule has 2 atom stereocenters. The highest BCUT2D eigenvalue weighted by atomic mass is 32.1. The molecule has 0 fully saturated rings. The van der Waals surface area contributed by atoms with Crippen molar-refractivity contribution in [1.29, 1.82) is 0 Å². The van der Waals surface area contributed by atoms with Crippen molar-refractivity contribution in [3.63, 3.8) is 0 Å². The molecule has 2 aliphatic rings. The van der Waals surface area contributed by atoms with E-state index in [2.05, 4.69) is 24.5 Å². The molecule has 0 bridgehead atoms. The van der Waals surface area contributed by atoms with Gasteiger partial charge in [-0.2, -0.15) is 0 Å². The van der Waals surface area contributed by atoms with E-state index >= 15 is 0 Å². The summed E-state index contributed by atoms with van der Waals surface area (Å²) in [7, 11) is 1.36. The number of benzene rings is 1. The zero-order chi connectivity index (χ0) is 19.1. The first-order valence-corrected chi connectivity index (χ1v) is 10.0. The smallest absolute Gasteiger partial charge is 0.337 e. The predicted octanol–water partition coefficient (Wildman–Crippen LogP) is 1.74. The summed E-state index contributed by atoms with van der Waals surface area (Å²) >= 11 is 1.71. The summed E-state index contributed by atoms with van der Waals surface area (Å²) in [6.45, 7) is 6.54. The van der Waals surface area contributed by atoms with Gasteiger partial charge in [-0.3, -0.25) is 4.79 Å². The molecule has 3 heterocycles. The van der Waals surface area contributed by atoms with Crippen molar-refractivity contribution in [3.8, 4) is 0 Å². The topological polar surface area (TPSA) is 71.9 Å². The maximum atomic E-state index is 12.8. The van der Waals surface area contributed by atoms with Crippen LogP contribution in [0.15, 0.2) is 24.3 Å². The predicted molar refractivity (Wildman–Crippen MR) is 104 cm³/mol. The van der Waals surface area contributed by atoms with Crippen LogP contribution in [-0.4, -0.2) is 31.6 Å². The highest BCUT2D eigenvalue weighted by molar-refractivity contribution is 7.16.